The monoisotopic (exact) mass is 269 g/mol. The number of piperidine rings is 1. The Balaban J connectivity index is 2.15. The van der Waals surface area contributed by atoms with Gasteiger partial charge in [-0.05, 0) is 65.7 Å². The Bertz CT molecular complexity index is 331. The number of rotatable bonds is 4. The molecule has 0 spiro atoms. The van der Waals surface area contributed by atoms with E-state index in [-0.39, 0.29) is 17.0 Å². The third-order valence-corrected chi connectivity index (χ3v) is 4.38. The largest absolute Gasteiger partial charge is 0.467 e. The summed E-state index contributed by atoms with van der Waals surface area (Å²) >= 11 is 0. The summed E-state index contributed by atoms with van der Waals surface area (Å²) in [5, 5.41) is 2.06. The van der Waals surface area contributed by atoms with Crippen LogP contribution in [0.5, 0.6) is 0 Å². The highest BCUT2D eigenvalue weighted by Crippen LogP contribution is 2.42. The fourth-order valence-corrected chi connectivity index (χ4v) is 3.21. The summed E-state index contributed by atoms with van der Waals surface area (Å²) in [7, 11) is 1.44. The van der Waals surface area contributed by atoms with Gasteiger partial charge in [0.05, 0.1) is 7.11 Å². The third-order valence-electron chi connectivity index (χ3n) is 4.38. The van der Waals surface area contributed by atoms with E-state index in [4.69, 9.17) is 9.57 Å². The summed E-state index contributed by atoms with van der Waals surface area (Å²) in [6, 6.07) is 0. The number of methoxy groups -OCH3 is 1. The number of hydrogen-bond donors (Lipinski definition) is 0. The van der Waals surface area contributed by atoms with Crippen LogP contribution in [0.15, 0.2) is 0 Å². The summed E-state index contributed by atoms with van der Waals surface area (Å²) in [5.74, 6) is 0.0978. The molecule has 0 amide bonds. The van der Waals surface area contributed by atoms with Crippen molar-refractivity contribution >= 4 is 5.97 Å². The molecule has 0 bridgehead atoms. The van der Waals surface area contributed by atoms with Gasteiger partial charge in [0.25, 0.3) is 0 Å². The number of ether oxygens (including phenoxy) is 1. The third kappa shape index (κ3) is 3.11. The van der Waals surface area contributed by atoms with Crippen molar-refractivity contribution in [3.05, 3.63) is 0 Å². The lowest BCUT2D eigenvalue weighted by atomic mass is 9.82. The number of carbonyl (C=O) groups excluding carboxylic acids is 1. The molecule has 1 aliphatic heterocycles. The molecule has 1 heterocycles. The van der Waals surface area contributed by atoms with Crippen LogP contribution in [0.3, 0.4) is 0 Å². The number of hydrogen-bond acceptors (Lipinski definition) is 4. The van der Waals surface area contributed by atoms with Crippen molar-refractivity contribution in [3.63, 3.8) is 0 Å². The zero-order valence-corrected chi connectivity index (χ0v) is 12.9. The van der Waals surface area contributed by atoms with Gasteiger partial charge in [0, 0.05) is 11.1 Å². The SMILES string of the molecule is COC(=O)C(ON1C(C)(C)CCCC1(C)C)C1CC1. The van der Waals surface area contributed by atoms with E-state index in [0.717, 1.165) is 25.7 Å². The molecule has 1 atom stereocenters. The topological polar surface area (TPSA) is 38.8 Å². The second-order valence-corrected chi connectivity index (χ2v) is 7.16. The molecular weight excluding hydrogens is 242 g/mol. The van der Waals surface area contributed by atoms with Crippen molar-refractivity contribution in [1.82, 2.24) is 5.06 Å². The lowest BCUT2D eigenvalue weighted by Crippen LogP contribution is -2.60. The second-order valence-electron chi connectivity index (χ2n) is 7.16. The van der Waals surface area contributed by atoms with Crippen LogP contribution in [0.2, 0.25) is 0 Å². The average molecular weight is 269 g/mol. The van der Waals surface area contributed by atoms with E-state index >= 15 is 0 Å². The van der Waals surface area contributed by atoms with E-state index in [0.29, 0.717) is 5.92 Å². The van der Waals surface area contributed by atoms with Crippen LogP contribution >= 0.6 is 0 Å². The lowest BCUT2D eigenvalue weighted by molar-refractivity contribution is -0.305. The van der Waals surface area contributed by atoms with Crippen molar-refractivity contribution in [1.29, 1.82) is 0 Å². The maximum Gasteiger partial charge on any atom is 0.337 e. The van der Waals surface area contributed by atoms with Gasteiger partial charge in [-0.3, -0.25) is 4.84 Å². The number of hydroxylamine groups is 2. The summed E-state index contributed by atoms with van der Waals surface area (Å²) < 4.78 is 4.90. The molecule has 2 fully saturated rings. The van der Waals surface area contributed by atoms with E-state index in [1.54, 1.807) is 0 Å². The Kier molecular flexibility index (Phi) is 3.94. The van der Waals surface area contributed by atoms with Crippen LogP contribution in [-0.2, 0) is 14.4 Å². The van der Waals surface area contributed by atoms with Crippen molar-refractivity contribution in [2.45, 2.75) is 77.0 Å². The molecule has 110 valence electrons. The Morgan fingerprint density at radius 1 is 1.16 bits per heavy atom. The number of nitrogens with zero attached hydrogens (tertiary/aromatic N) is 1. The molecule has 1 saturated carbocycles. The van der Waals surface area contributed by atoms with Crippen LogP contribution in [0.1, 0.15) is 59.8 Å². The number of esters is 1. The Hall–Kier alpha value is -0.610. The molecule has 2 aliphatic rings. The molecular formula is C15H27NO3. The molecule has 4 heteroatoms. The Morgan fingerprint density at radius 2 is 1.68 bits per heavy atom. The van der Waals surface area contributed by atoms with Crippen molar-refractivity contribution in [2.75, 3.05) is 7.11 Å². The molecule has 0 radical (unpaired) electrons. The first kappa shape index (κ1) is 14.8. The quantitative estimate of drug-likeness (QED) is 0.736. The van der Waals surface area contributed by atoms with Gasteiger partial charge in [0.15, 0.2) is 6.10 Å². The van der Waals surface area contributed by atoms with E-state index in [1.165, 1.54) is 13.5 Å². The van der Waals surface area contributed by atoms with Gasteiger partial charge in [0.1, 0.15) is 0 Å². The van der Waals surface area contributed by atoms with Gasteiger partial charge in [-0.15, -0.1) is 0 Å². The minimum Gasteiger partial charge on any atom is -0.467 e. The van der Waals surface area contributed by atoms with Crippen molar-refractivity contribution < 1.29 is 14.4 Å². The molecule has 19 heavy (non-hydrogen) atoms. The molecule has 1 saturated heterocycles. The second kappa shape index (κ2) is 5.06. The maximum atomic E-state index is 11.9. The van der Waals surface area contributed by atoms with Crippen LogP contribution in [0, 0.1) is 5.92 Å². The van der Waals surface area contributed by atoms with Crippen LogP contribution in [0.25, 0.3) is 0 Å². The van der Waals surface area contributed by atoms with Crippen LogP contribution < -0.4 is 0 Å². The molecule has 4 nitrogen and oxygen atoms in total. The van der Waals surface area contributed by atoms with Gasteiger partial charge in [-0.2, -0.15) is 5.06 Å². The maximum absolute atomic E-state index is 11.9. The van der Waals surface area contributed by atoms with E-state index < -0.39 is 6.10 Å². The summed E-state index contributed by atoms with van der Waals surface area (Å²) in [4.78, 5) is 18.1. The van der Waals surface area contributed by atoms with Crippen molar-refractivity contribution in [3.8, 4) is 0 Å². The fourth-order valence-electron chi connectivity index (χ4n) is 3.21. The molecule has 0 aromatic carbocycles. The summed E-state index contributed by atoms with van der Waals surface area (Å²) in [6.07, 6.45) is 5.08. The normalized spacial score (nSPS) is 27.8. The standard InChI is InChI=1S/C15H27NO3/c1-14(2)9-6-10-15(3,4)16(14)19-12(11-7-8-11)13(17)18-5/h11-12H,6-10H2,1-5H3. The van der Waals surface area contributed by atoms with Gasteiger partial charge >= 0.3 is 5.97 Å². The first-order chi connectivity index (χ1) is 8.78. The first-order valence-electron chi connectivity index (χ1n) is 7.33. The zero-order chi connectivity index (χ0) is 14.3. The highest BCUT2D eigenvalue weighted by Gasteiger charge is 2.47. The Labute approximate surface area is 116 Å². The molecule has 1 aliphatic carbocycles. The fraction of sp³-hybridized carbons (Fsp3) is 0.933. The van der Waals surface area contributed by atoms with Gasteiger partial charge in [-0.25, -0.2) is 4.79 Å². The molecule has 2 rings (SSSR count). The average Bonchev–Trinajstić information content (AvgIpc) is 3.10. The minimum atomic E-state index is -0.429. The smallest absolute Gasteiger partial charge is 0.337 e. The highest BCUT2D eigenvalue weighted by atomic mass is 16.7. The minimum absolute atomic E-state index is 0.0388. The van der Waals surface area contributed by atoms with E-state index in [2.05, 4.69) is 32.8 Å². The Morgan fingerprint density at radius 3 is 2.11 bits per heavy atom. The van der Waals surface area contributed by atoms with Gasteiger partial charge < -0.3 is 4.74 Å². The molecule has 0 N–H and O–H groups in total. The first-order valence-corrected chi connectivity index (χ1v) is 7.33. The predicted octanol–water partition coefficient (Wildman–Crippen LogP) is 2.91. The molecule has 0 aromatic rings. The molecule has 0 aromatic heterocycles. The van der Waals surface area contributed by atoms with Crippen LogP contribution in [-0.4, -0.2) is 35.3 Å². The predicted molar refractivity (Wildman–Crippen MR) is 73.5 cm³/mol. The zero-order valence-electron chi connectivity index (χ0n) is 12.9. The number of carbonyl (C=O) groups is 1. The lowest BCUT2D eigenvalue weighted by Gasteiger charge is -2.52. The van der Waals surface area contributed by atoms with Gasteiger partial charge in [-0.1, -0.05) is 0 Å². The van der Waals surface area contributed by atoms with Crippen molar-refractivity contribution in [2.24, 2.45) is 5.92 Å². The van der Waals surface area contributed by atoms with E-state index in [1.807, 2.05) is 0 Å². The summed E-state index contributed by atoms with van der Waals surface area (Å²) in [5.41, 5.74) is -0.0776. The highest BCUT2D eigenvalue weighted by molar-refractivity contribution is 5.75. The van der Waals surface area contributed by atoms with Gasteiger partial charge in [0.2, 0.25) is 0 Å². The summed E-state index contributed by atoms with van der Waals surface area (Å²) in [6.45, 7) is 8.76. The molecule has 1 unspecified atom stereocenters. The van der Waals surface area contributed by atoms with Crippen LogP contribution in [0.4, 0.5) is 0 Å². The van der Waals surface area contributed by atoms with E-state index in [9.17, 15) is 4.79 Å².